The van der Waals surface area contributed by atoms with Crippen LogP contribution < -0.4 is 10.6 Å². The highest BCUT2D eigenvalue weighted by Crippen LogP contribution is 2.27. The van der Waals surface area contributed by atoms with E-state index in [9.17, 15) is 0 Å². The van der Waals surface area contributed by atoms with Crippen molar-refractivity contribution in [3.63, 3.8) is 0 Å². The number of nitrogens with zero attached hydrogens (tertiary/aromatic N) is 2. The molecule has 1 saturated heterocycles. The fourth-order valence-corrected chi connectivity index (χ4v) is 2.49. The molecule has 1 aliphatic heterocycles. The van der Waals surface area contributed by atoms with Crippen LogP contribution in [0.1, 0.15) is 0 Å². The predicted molar refractivity (Wildman–Crippen MR) is 74.3 cm³/mol. The molecule has 1 heterocycles. The van der Waals surface area contributed by atoms with Crippen LogP contribution in [0.5, 0.6) is 0 Å². The van der Waals surface area contributed by atoms with Gasteiger partial charge in [0.2, 0.25) is 0 Å². The van der Waals surface area contributed by atoms with E-state index in [1.807, 2.05) is 12.1 Å². The molecule has 1 fully saturated rings. The van der Waals surface area contributed by atoms with Crippen molar-refractivity contribution in [1.29, 1.82) is 0 Å². The number of hydrogen-bond donors (Lipinski definition) is 2. The second-order valence-electron chi connectivity index (χ2n) is 4.26. The third-order valence-corrected chi connectivity index (χ3v) is 3.61. The van der Waals surface area contributed by atoms with E-state index in [-0.39, 0.29) is 6.61 Å². The Kier molecular flexibility index (Phi) is 4.25. The van der Waals surface area contributed by atoms with Crippen molar-refractivity contribution >= 4 is 27.3 Å². The second-order valence-corrected chi connectivity index (χ2v) is 5.17. The molecule has 0 atom stereocenters. The highest BCUT2D eigenvalue weighted by atomic mass is 79.9. The van der Waals surface area contributed by atoms with Crippen molar-refractivity contribution in [1.82, 2.24) is 4.90 Å². The van der Waals surface area contributed by atoms with Gasteiger partial charge in [0.25, 0.3) is 0 Å². The van der Waals surface area contributed by atoms with Crippen LogP contribution in [0, 0.1) is 0 Å². The molecule has 17 heavy (non-hydrogen) atoms. The lowest BCUT2D eigenvalue weighted by Gasteiger charge is -2.36. The zero-order valence-corrected chi connectivity index (χ0v) is 11.4. The van der Waals surface area contributed by atoms with Gasteiger partial charge < -0.3 is 15.7 Å². The van der Waals surface area contributed by atoms with Gasteiger partial charge in [-0.25, -0.2) is 0 Å². The standard InChI is InChI=1S/C12H18BrN3O/c13-10-1-2-11(14)12(9-10)16-5-3-15(4-6-16)7-8-17/h1-2,9,17H,3-8,14H2. The molecule has 2 rings (SSSR count). The summed E-state index contributed by atoms with van der Waals surface area (Å²) in [5.74, 6) is 0. The fraction of sp³-hybridized carbons (Fsp3) is 0.500. The van der Waals surface area contributed by atoms with Gasteiger partial charge in [0.1, 0.15) is 0 Å². The molecule has 0 spiro atoms. The Morgan fingerprint density at radius 3 is 2.59 bits per heavy atom. The summed E-state index contributed by atoms with van der Waals surface area (Å²) in [6.45, 7) is 4.88. The van der Waals surface area contributed by atoms with Crippen LogP contribution in [0.25, 0.3) is 0 Å². The van der Waals surface area contributed by atoms with Gasteiger partial charge >= 0.3 is 0 Å². The predicted octanol–water partition coefficient (Wildman–Crippen LogP) is 1.15. The number of aliphatic hydroxyl groups excluding tert-OH is 1. The molecular formula is C12H18BrN3O. The minimum atomic E-state index is 0.235. The van der Waals surface area contributed by atoms with Crippen molar-refractivity contribution in [2.75, 3.05) is 50.0 Å². The van der Waals surface area contributed by atoms with Gasteiger partial charge in [-0.15, -0.1) is 0 Å². The van der Waals surface area contributed by atoms with Crippen LogP contribution in [-0.2, 0) is 0 Å². The molecule has 0 radical (unpaired) electrons. The maximum atomic E-state index is 8.90. The van der Waals surface area contributed by atoms with E-state index in [1.54, 1.807) is 0 Å². The van der Waals surface area contributed by atoms with E-state index in [4.69, 9.17) is 10.8 Å². The van der Waals surface area contributed by atoms with Gasteiger partial charge in [0, 0.05) is 37.2 Å². The van der Waals surface area contributed by atoms with E-state index in [1.165, 1.54) is 0 Å². The average Bonchev–Trinajstić information content (AvgIpc) is 2.34. The Hall–Kier alpha value is -0.780. The Labute approximate surface area is 110 Å². The Morgan fingerprint density at radius 1 is 1.24 bits per heavy atom. The lowest BCUT2D eigenvalue weighted by atomic mass is 10.2. The van der Waals surface area contributed by atoms with Crippen LogP contribution in [0.2, 0.25) is 0 Å². The number of benzene rings is 1. The molecule has 0 amide bonds. The number of hydrogen-bond acceptors (Lipinski definition) is 4. The quantitative estimate of drug-likeness (QED) is 0.822. The summed E-state index contributed by atoms with van der Waals surface area (Å²) in [6.07, 6.45) is 0. The third kappa shape index (κ3) is 3.12. The van der Waals surface area contributed by atoms with Gasteiger partial charge in [0.15, 0.2) is 0 Å². The van der Waals surface area contributed by atoms with Crippen LogP contribution in [0.15, 0.2) is 22.7 Å². The Morgan fingerprint density at radius 2 is 1.94 bits per heavy atom. The minimum Gasteiger partial charge on any atom is -0.397 e. The smallest absolute Gasteiger partial charge is 0.0612 e. The molecule has 3 N–H and O–H groups in total. The SMILES string of the molecule is Nc1ccc(Br)cc1N1CCN(CCO)CC1. The molecule has 0 aliphatic carbocycles. The molecule has 0 bridgehead atoms. The summed E-state index contributed by atoms with van der Waals surface area (Å²) in [5.41, 5.74) is 7.92. The van der Waals surface area contributed by atoms with E-state index in [0.29, 0.717) is 0 Å². The van der Waals surface area contributed by atoms with Crippen LogP contribution in [0.3, 0.4) is 0 Å². The number of aliphatic hydroxyl groups is 1. The molecule has 0 saturated carbocycles. The first-order valence-electron chi connectivity index (χ1n) is 5.84. The van der Waals surface area contributed by atoms with Gasteiger partial charge in [-0.3, -0.25) is 4.90 Å². The summed E-state index contributed by atoms with van der Waals surface area (Å²) in [6, 6.07) is 5.96. The number of nitrogens with two attached hydrogens (primary N) is 1. The van der Waals surface area contributed by atoms with Crippen molar-refractivity contribution < 1.29 is 5.11 Å². The number of anilines is 2. The van der Waals surface area contributed by atoms with Gasteiger partial charge in [0.05, 0.1) is 18.0 Å². The molecule has 1 aliphatic rings. The fourth-order valence-electron chi connectivity index (χ4n) is 2.14. The molecule has 0 aromatic heterocycles. The van der Waals surface area contributed by atoms with Crippen molar-refractivity contribution in [2.45, 2.75) is 0 Å². The van der Waals surface area contributed by atoms with Gasteiger partial charge in [-0.05, 0) is 18.2 Å². The first-order chi connectivity index (χ1) is 8.20. The molecular weight excluding hydrogens is 282 g/mol. The summed E-state index contributed by atoms with van der Waals surface area (Å²) in [7, 11) is 0. The van der Waals surface area contributed by atoms with Crippen molar-refractivity contribution in [3.05, 3.63) is 22.7 Å². The van der Waals surface area contributed by atoms with E-state index in [0.717, 1.165) is 48.6 Å². The van der Waals surface area contributed by atoms with Crippen molar-refractivity contribution in [3.8, 4) is 0 Å². The third-order valence-electron chi connectivity index (χ3n) is 3.12. The Bertz CT molecular complexity index is 378. The average molecular weight is 300 g/mol. The summed E-state index contributed by atoms with van der Waals surface area (Å²) < 4.78 is 1.06. The van der Waals surface area contributed by atoms with Crippen LogP contribution >= 0.6 is 15.9 Å². The first-order valence-corrected chi connectivity index (χ1v) is 6.63. The summed E-state index contributed by atoms with van der Waals surface area (Å²) in [4.78, 5) is 4.57. The van der Waals surface area contributed by atoms with E-state index < -0.39 is 0 Å². The molecule has 5 heteroatoms. The second kappa shape index (κ2) is 5.71. The zero-order chi connectivity index (χ0) is 12.3. The minimum absolute atomic E-state index is 0.235. The normalized spacial score (nSPS) is 17.4. The highest BCUT2D eigenvalue weighted by Gasteiger charge is 2.18. The van der Waals surface area contributed by atoms with Crippen LogP contribution in [0.4, 0.5) is 11.4 Å². The van der Waals surface area contributed by atoms with E-state index in [2.05, 4.69) is 31.8 Å². The molecule has 1 aromatic rings. The zero-order valence-electron chi connectivity index (χ0n) is 9.77. The number of nitrogen functional groups attached to an aromatic ring is 1. The van der Waals surface area contributed by atoms with Crippen molar-refractivity contribution in [2.24, 2.45) is 0 Å². The maximum absolute atomic E-state index is 8.90. The first kappa shape index (κ1) is 12.7. The van der Waals surface area contributed by atoms with E-state index >= 15 is 0 Å². The highest BCUT2D eigenvalue weighted by molar-refractivity contribution is 9.10. The number of rotatable bonds is 3. The molecule has 94 valence electrons. The topological polar surface area (TPSA) is 52.7 Å². The molecule has 0 unspecified atom stereocenters. The summed E-state index contributed by atoms with van der Waals surface area (Å²) >= 11 is 3.47. The maximum Gasteiger partial charge on any atom is 0.0612 e. The largest absolute Gasteiger partial charge is 0.397 e. The molecule has 1 aromatic carbocycles. The lowest BCUT2D eigenvalue weighted by Crippen LogP contribution is -2.47. The number of piperazine rings is 1. The number of halogens is 1. The van der Waals surface area contributed by atoms with Gasteiger partial charge in [-0.1, -0.05) is 15.9 Å². The number of β-amino-alcohol motifs (C(OH)–C–C–N with tert-alkyl or cyclic N) is 1. The lowest BCUT2D eigenvalue weighted by molar-refractivity contribution is 0.189. The van der Waals surface area contributed by atoms with Gasteiger partial charge in [-0.2, -0.15) is 0 Å². The van der Waals surface area contributed by atoms with Crippen LogP contribution in [-0.4, -0.2) is 49.3 Å². The summed E-state index contributed by atoms with van der Waals surface area (Å²) in [5, 5.41) is 8.90. The molecule has 4 nitrogen and oxygen atoms in total. The Balaban J connectivity index is 2.02. The monoisotopic (exact) mass is 299 g/mol.